The summed E-state index contributed by atoms with van der Waals surface area (Å²) < 4.78 is 0. The molecule has 1 fully saturated rings. The summed E-state index contributed by atoms with van der Waals surface area (Å²) in [6.07, 6.45) is 2.04. The van der Waals surface area contributed by atoms with Gasteiger partial charge in [0.05, 0.1) is 18.2 Å². The van der Waals surface area contributed by atoms with Gasteiger partial charge in [0.1, 0.15) is 5.75 Å². The number of aliphatic hydroxyl groups excluding tert-OH is 1. The zero-order valence-electron chi connectivity index (χ0n) is 14.3. The van der Waals surface area contributed by atoms with Crippen molar-refractivity contribution in [2.24, 2.45) is 11.0 Å². The van der Waals surface area contributed by atoms with Gasteiger partial charge in [0, 0.05) is 18.1 Å². The molecule has 7 heteroatoms. The number of hydrogen-bond acceptors (Lipinski definition) is 5. The average molecular weight is 334 g/mol. The van der Waals surface area contributed by atoms with Gasteiger partial charge in [0.25, 0.3) is 0 Å². The summed E-state index contributed by atoms with van der Waals surface area (Å²) in [6.45, 7) is 5.22. The number of rotatable bonds is 8. The van der Waals surface area contributed by atoms with Crippen molar-refractivity contribution in [3.05, 3.63) is 40.3 Å². The number of hydroxylamine groups is 2. The number of phenolic OH excluding ortho intramolecular Hbond substituents is 1. The molecule has 1 aliphatic heterocycles. The monoisotopic (exact) mass is 334 g/mol. The van der Waals surface area contributed by atoms with Crippen LogP contribution in [-0.2, 0) is 11.4 Å². The van der Waals surface area contributed by atoms with E-state index in [1.54, 1.807) is 12.1 Å². The zero-order valence-corrected chi connectivity index (χ0v) is 14.3. The van der Waals surface area contributed by atoms with E-state index in [0.29, 0.717) is 18.9 Å². The summed E-state index contributed by atoms with van der Waals surface area (Å²) in [5.74, 6) is 0.673. The Morgan fingerprint density at radius 2 is 2.12 bits per heavy atom. The van der Waals surface area contributed by atoms with Gasteiger partial charge in [-0.2, -0.15) is 5.06 Å². The van der Waals surface area contributed by atoms with Crippen molar-refractivity contribution in [2.45, 2.75) is 51.3 Å². The van der Waals surface area contributed by atoms with Crippen LogP contribution < -0.4 is 0 Å². The molecule has 7 nitrogen and oxygen atoms in total. The van der Waals surface area contributed by atoms with Crippen molar-refractivity contribution in [3.8, 4) is 5.75 Å². The Balaban J connectivity index is 2.23. The van der Waals surface area contributed by atoms with Gasteiger partial charge in [-0.3, -0.25) is 4.84 Å². The number of azide groups is 1. The van der Waals surface area contributed by atoms with Crippen LogP contribution in [-0.4, -0.2) is 40.1 Å². The molecule has 0 aliphatic carbocycles. The molecular formula is C17H26N4O3. The molecule has 0 saturated carbocycles. The summed E-state index contributed by atoms with van der Waals surface area (Å²) >= 11 is 0. The quantitative estimate of drug-likeness (QED) is 0.432. The molecule has 0 spiro atoms. The van der Waals surface area contributed by atoms with Crippen molar-refractivity contribution in [1.29, 1.82) is 0 Å². The number of aromatic hydroxyl groups is 1. The Labute approximate surface area is 142 Å². The lowest BCUT2D eigenvalue weighted by atomic mass is 9.81. The summed E-state index contributed by atoms with van der Waals surface area (Å²) in [7, 11) is 0. The van der Waals surface area contributed by atoms with Gasteiger partial charge in [0.2, 0.25) is 0 Å². The van der Waals surface area contributed by atoms with Crippen LogP contribution in [0.15, 0.2) is 29.4 Å². The van der Waals surface area contributed by atoms with E-state index in [0.717, 1.165) is 18.4 Å². The first-order valence-electron chi connectivity index (χ1n) is 8.33. The summed E-state index contributed by atoms with van der Waals surface area (Å²) in [5, 5.41) is 24.6. The van der Waals surface area contributed by atoms with Gasteiger partial charge < -0.3 is 10.2 Å². The molecule has 1 saturated heterocycles. The number of benzene rings is 1. The molecule has 2 unspecified atom stereocenters. The van der Waals surface area contributed by atoms with Gasteiger partial charge in [-0.05, 0) is 48.4 Å². The van der Waals surface area contributed by atoms with Crippen molar-refractivity contribution in [2.75, 3.05) is 13.2 Å². The second-order valence-electron chi connectivity index (χ2n) is 6.84. The van der Waals surface area contributed by atoms with E-state index in [-0.39, 0.29) is 30.5 Å². The van der Waals surface area contributed by atoms with E-state index in [9.17, 15) is 10.2 Å². The molecule has 1 aromatic rings. The molecule has 24 heavy (non-hydrogen) atoms. The van der Waals surface area contributed by atoms with E-state index < -0.39 is 0 Å². The molecular weight excluding hydrogens is 308 g/mol. The van der Waals surface area contributed by atoms with E-state index in [2.05, 4.69) is 23.9 Å². The van der Waals surface area contributed by atoms with Crippen molar-refractivity contribution in [1.82, 2.24) is 5.06 Å². The van der Waals surface area contributed by atoms with E-state index >= 15 is 0 Å². The maximum Gasteiger partial charge on any atom is 0.115 e. The van der Waals surface area contributed by atoms with Crippen LogP contribution in [0.5, 0.6) is 5.75 Å². The van der Waals surface area contributed by atoms with Crippen LogP contribution in [0, 0.1) is 5.92 Å². The van der Waals surface area contributed by atoms with Crippen molar-refractivity contribution >= 4 is 0 Å². The topological polar surface area (TPSA) is 102 Å². The lowest BCUT2D eigenvalue weighted by Crippen LogP contribution is -2.44. The van der Waals surface area contributed by atoms with Gasteiger partial charge >= 0.3 is 0 Å². The second kappa shape index (κ2) is 8.35. The molecule has 0 amide bonds. The van der Waals surface area contributed by atoms with Crippen LogP contribution in [0.3, 0.4) is 0 Å². The van der Waals surface area contributed by atoms with Crippen LogP contribution in [0.2, 0.25) is 0 Å². The normalized spacial score (nSPS) is 24.2. The van der Waals surface area contributed by atoms with E-state index in [1.807, 2.05) is 17.2 Å². The fourth-order valence-electron chi connectivity index (χ4n) is 3.53. The average Bonchev–Trinajstić information content (AvgIpc) is 2.84. The predicted octanol–water partition coefficient (Wildman–Crippen LogP) is 3.38. The Kier molecular flexibility index (Phi) is 6.45. The molecule has 2 N–H and O–H groups in total. The number of hydrogen-bond donors (Lipinski definition) is 2. The second-order valence-corrected chi connectivity index (χ2v) is 6.84. The maximum atomic E-state index is 9.59. The lowest BCUT2D eigenvalue weighted by Gasteiger charge is -2.37. The first-order valence-corrected chi connectivity index (χ1v) is 8.33. The van der Waals surface area contributed by atoms with Crippen molar-refractivity contribution in [3.63, 3.8) is 0 Å². The Morgan fingerprint density at radius 1 is 1.42 bits per heavy atom. The summed E-state index contributed by atoms with van der Waals surface area (Å²) in [6, 6.07) is 7.02. The van der Waals surface area contributed by atoms with Gasteiger partial charge in [-0.25, -0.2) is 0 Å². The van der Waals surface area contributed by atoms with Gasteiger partial charge in [0.15, 0.2) is 0 Å². The lowest BCUT2D eigenvalue weighted by molar-refractivity contribution is -0.199. The third kappa shape index (κ3) is 4.61. The summed E-state index contributed by atoms with van der Waals surface area (Å²) in [4.78, 5) is 8.88. The molecule has 132 valence electrons. The van der Waals surface area contributed by atoms with E-state index in [1.165, 1.54) is 0 Å². The van der Waals surface area contributed by atoms with Crippen LogP contribution in [0.4, 0.5) is 0 Å². The molecule has 2 atom stereocenters. The highest BCUT2D eigenvalue weighted by Gasteiger charge is 2.46. The first-order chi connectivity index (χ1) is 11.5. The standard InChI is InChI=1S/C17H26N4O3/c1-13(2)9-17(7-8-22)10-16(11-19-20-18)24-21(17)12-14-3-5-15(23)6-4-14/h3-6,13,16,22-23H,7-12H2,1-2H3. The minimum absolute atomic E-state index is 0.0798. The number of nitrogens with zero attached hydrogens (tertiary/aromatic N) is 4. The molecule has 0 bridgehead atoms. The maximum absolute atomic E-state index is 9.59. The largest absolute Gasteiger partial charge is 0.508 e. The third-order valence-corrected chi connectivity index (χ3v) is 4.39. The van der Waals surface area contributed by atoms with Crippen LogP contribution >= 0.6 is 0 Å². The SMILES string of the molecule is CC(C)CC1(CCO)CC(CN=[N+]=[N-])ON1Cc1ccc(O)cc1. The first kappa shape index (κ1) is 18.5. The Bertz CT molecular complexity index is 572. The Hall–Kier alpha value is -1.79. The third-order valence-electron chi connectivity index (χ3n) is 4.39. The van der Waals surface area contributed by atoms with Gasteiger partial charge in [-0.1, -0.05) is 31.1 Å². The van der Waals surface area contributed by atoms with E-state index in [4.69, 9.17) is 10.4 Å². The smallest absolute Gasteiger partial charge is 0.115 e. The highest BCUT2D eigenvalue weighted by atomic mass is 16.7. The highest BCUT2D eigenvalue weighted by Crippen LogP contribution is 2.40. The molecule has 0 radical (unpaired) electrons. The fraction of sp³-hybridized carbons (Fsp3) is 0.647. The van der Waals surface area contributed by atoms with Crippen molar-refractivity contribution < 1.29 is 15.1 Å². The molecule has 1 heterocycles. The Morgan fingerprint density at radius 3 is 2.71 bits per heavy atom. The molecule has 2 rings (SSSR count). The number of aliphatic hydroxyl groups is 1. The minimum Gasteiger partial charge on any atom is -0.508 e. The van der Waals surface area contributed by atoms with Crippen LogP contribution in [0.1, 0.15) is 38.7 Å². The van der Waals surface area contributed by atoms with Gasteiger partial charge in [-0.15, -0.1) is 0 Å². The molecule has 1 aromatic carbocycles. The zero-order chi connectivity index (χ0) is 17.6. The summed E-state index contributed by atoms with van der Waals surface area (Å²) in [5.41, 5.74) is 9.29. The minimum atomic E-state index is -0.281. The van der Waals surface area contributed by atoms with Crippen LogP contribution in [0.25, 0.3) is 10.4 Å². The molecule has 0 aromatic heterocycles. The predicted molar refractivity (Wildman–Crippen MR) is 91.0 cm³/mol. The fourth-order valence-corrected chi connectivity index (χ4v) is 3.53. The highest BCUT2D eigenvalue weighted by molar-refractivity contribution is 5.26. The number of phenols is 1. The molecule has 1 aliphatic rings.